The van der Waals surface area contributed by atoms with Crippen molar-refractivity contribution < 1.29 is 42.1 Å². The van der Waals surface area contributed by atoms with E-state index >= 15 is 4.79 Å². The van der Waals surface area contributed by atoms with E-state index in [1.807, 2.05) is 30.3 Å². The third kappa shape index (κ3) is 6.21. The van der Waals surface area contributed by atoms with Crippen molar-refractivity contribution in [2.45, 2.75) is 83.1 Å². The minimum Gasteiger partial charge on any atom is -0.453 e. The molecule has 6 aliphatic carbocycles. The number of allylic oxidation sites excluding steroid dienone is 4. The molecule has 2 spiro atoms. The molecule has 3 aromatic rings. The largest absolute Gasteiger partial charge is 0.453 e. The molecule has 12 heteroatoms. The number of nitrogens with one attached hydrogen (secondary N) is 1. The second kappa shape index (κ2) is 14.1. The highest BCUT2D eigenvalue weighted by Gasteiger charge is 2.74. The average molecular weight is 807 g/mol. The van der Waals surface area contributed by atoms with Crippen molar-refractivity contribution in [1.29, 1.82) is 0 Å². The number of halogens is 4. The number of ether oxygens (including phenoxy) is 1. The zero-order chi connectivity index (χ0) is 40.6. The zero-order valence-corrected chi connectivity index (χ0v) is 33.3. The number of Topliss-reactive ketones (excluding diaryl/α,β-unsaturated/α-hetero) is 1. The Morgan fingerprint density at radius 2 is 1.70 bits per heavy atom. The van der Waals surface area contributed by atoms with Gasteiger partial charge in [-0.2, -0.15) is 13.2 Å². The summed E-state index contributed by atoms with van der Waals surface area (Å²) in [6.07, 6.45) is 6.15. The SMILES string of the molecule is COCCCN(C[C@]1(O)CC[C@H]2[C@]34C=C[C@@]5(C=C3C(=O)c3ccc(-c6cc(C(F)(F)F)ccc6Cl)o3)CC(O)CC[C@]5(C)[C@H]4CC[C@@]21C)C(=O)Nc1ccccc1. The van der Waals surface area contributed by atoms with Gasteiger partial charge in [-0.3, -0.25) is 4.79 Å². The fourth-order valence-corrected chi connectivity index (χ4v) is 12.1. The smallest absolute Gasteiger partial charge is 0.416 e. The number of nitrogens with zero attached hydrogens (tertiary/aromatic N) is 1. The first-order valence-corrected chi connectivity index (χ1v) is 20.3. The maximum absolute atomic E-state index is 15.1. The molecular formula is C45H50ClF3N2O6. The monoisotopic (exact) mass is 806 g/mol. The molecular weight excluding hydrogens is 757 g/mol. The van der Waals surface area contributed by atoms with Crippen molar-refractivity contribution >= 4 is 29.1 Å². The molecule has 0 saturated heterocycles. The van der Waals surface area contributed by atoms with Crippen LogP contribution in [0.15, 0.2) is 88.9 Å². The Bertz CT molecular complexity index is 2120. The lowest BCUT2D eigenvalue weighted by molar-refractivity contribution is -0.174. The third-order valence-electron chi connectivity index (χ3n) is 14.9. The number of carbonyl (C=O) groups excluding carboxylic acids is 2. The molecule has 2 bridgehead atoms. The number of alkyl halides is 3. The highest BCUT2D eigenvalue weighted by atomic mass is 35.5. The number of furan rings is 1. The van der Waals surface area contributed by atoms with Crippen LogP contribution in [0.3, 0.4) is 0 Å². The summed E-state index contributed by atoms with van der Waals surface area (Å²) < 4.78 is 52.5. The molecule has 1 aromatic heterocycles. The van der Waals surface area contributed by atoms with Crippen LogP contribution in [-0.4, -0.2) is 65.4 Å². The molecule has 2 aromatic carbocycles. The number of hydrogen-bond donors (Lipinski definition) is 3. The van der Waals surface area contributed by atoms with Gasteiger partial charge in [0.15, 0.2) is 5.76 Å². The molecule has 8 nitrogen and oxygen atoms in total. The number of hydrogen-bond acceptors (Lipinski definition) is 6. The number of anilines is 1. The predicted molar refractivity (Wildman–Crippen MR) is 211 cm³/mol. The summed E-state index contributed by atoms with van der Waals surface area (Å²) in [5.41, 5.74) is -3.39. The topological polar surface area (TPSA) is 112 Å². The van der Waals surface area contributed by atoms with Crippen LogP contribution in [0.2, 0.25) is 5.02 Å². The predicted octanol–water partition coefficient (Wildman–Crippen LogP) is 9.96. The van der Waals surface area contributed by atoms with Gasteiger partial charge in [0.05, 0.1) is 28.8 Å². The van der Waals surface area contributed by atoms with Crippen molar-refractivity contribution in [3.8, 4) is 11.3 Å². The Kier molecular flexibility index (Phi) is 9.90. The van der Waals surface area contributed by atoms with Gasteiger partial charge in [0.25, 0.3) is 0 Å². The normalized spacial score (nSPS) is 33.9. The van der Waals surface area contributed by atoms with Gasteiger partial charge >= 0.3 is 12.2 Å². The number of aliphatic hydroxyl groups is 2. The lowest BCUT2D eigenvalue weighted by Crippen LogP contribution is -2.67. The number of benzene rings is 2. The van der Waals surface area contributed by atoms with Crippen molar-refractivity contribution in [2.24, 2.45) is 33.5 Å². The van der Waals surface area contributed by atoms with E-state index in [-0.39, 0.29) is 57.7 Å². The van der Waals surface area contributed by atoms with Gasteiger partial charge in [-0.1, -0.05) is 61.9 Å². The molecule has 9 rings (SSSR count). The van der Waals surface area contributed by atoms with Gasteiger partial charge in [0, 0.05) is 53.3 Å². The molecule has 304 valence electrons. The van der Waals surface area contributed by atoms with Gasteiger partial charge in [0.2, 0.25) is 5.78 Å². The van der Waals surface area contributed by atoms with Gasteiger partial charge in [0.1, 0.15) is 5.76 Å². The van der Waals surface area contributed by atoms with E-state index in [1.54, 1.807) is 12.0 Å². The quantitative estimate of drug-likeness (QED) is 0.107. The van der Waals surface area contributed by atoms with Gasteiger partial charge in [-0.25, -0.2) is 4.79 Å². The van der Waals surface area contributed by atoms with E-state index in [2.05, 4.69) is 37.4 Å². The highest BCUT2D eigenvalue weighted by molar-refractivity contribution is 6.33. The Morgan fingerprint density at radius 3 is 2.44 bits per heavy atom. The third-order valence-corrected chi connectivity index (χ3v) is 15.2. The first-order valence-electron chi connectivity index (χ1n) is 20.0. The van der Waals surface area contributed by atoms with E-state index in [9.17, 15) is 28.2 Å². The van der Waals surface area contributed by atoms with Crippen LogP contribution in [0.25, 0.3) is 11.3 Å². The lowest BCUT2D eigenvalue weighted by Gasteiger charge is -2.71. The van der Waals surface area contributed by atoms with Gasteiger partial charge in [-0.15, -0.1) is 0 Å². The number of fused-ring (bicyclic) bond motifs is 1. The molecule has 6 aliphatic rings. The van der Waals surface area contributed by atoms with Crippen LogP contribution in [-0.2, 0) is 10.9 Å². The van der Waals surface area contributed by atoms with Crippen molar-refractivity contribution in [1.82, 2.24) is 4.90 Å². The number of amides is 2. The molecule has 3 N–H and O–H groups in total. The van der Waals surface area contributed by atoms with E-state index in [4.69, 9.17) is 20.8 Å². The minimum absolute atomic E-state index is 0.00148. The van der Waals surface area contributed by atoms with Crippen molar-refractivity contribution in [3.05, 3.63) is 101 Å². The summed E-state index contributed by atoms with van der Waals surface area (Å²) in [6, 6.07) is 14.9. The molecule has 1 heterocycles. The second-order valence-electron chi connectivity index (χ2n) is 17.6. The number of urea groups is 1. The maximum atomic E-state index is 15.1. The summed E-state index contributed by atoms with van der Waals surface area (Å²) >= 11 is 6.38. The number of methoxy groups -OCH3 is 1. The standard InChI is InChI=1S/C45H50ClF3N2O6/c1-40-17-14-30(52)25-42(40)20-21-44(32(26-42)38(53)35-13-12-34(57-35)31-24-28(45(47,48)49)10-11-33(31)46)36(40)15-18-41(2)37(44)16-19-43(41,55)27-51(22-7-23-56-3)39(54)50-29-8-5-4-6-9-29/h4-6,8-13,20-21,24,26,30,36-37,52,55H,7,14-19,22-23,25,27H2,1-3H3,(H,50,54)/t30?,36-,37-,40-,41+,42+,43-,44-/m1/s1. The van der Waals surface area contributed by atoms with Crippen LogP contribution in [0, 0.1) is 33.5 Å². The summed E-state index contributed by atoms with van der Waals surface area (Å²) in [5, 5.41) is 27.1. The Morgan fingerprint density at radius 1 is 0.982 bits per heavy atom. The van der Waals surface area contributed by atoms with E-state index in [0.29, 0.717) is 69.4 Å². The van der Waals surface area contributed by atoms with E-state index in [0.717, 1.165) is 18.6 Å². The molecule has 3 saturated carbocycles. The zero-order valence-electron chi connectivity index (χ0n) is 32.5. The average Bonchev–Trinajstić information content (AvgIpc) is 3.77. The van der Waals surface area contributed by atoms with Crippen LogP contribution in [0.5, 0.6) is 0 Å². The van der Waals surface area contributed by atoms with Crippen LogP contribution in [0.4, 0.5) is 23.7 Å². The minimum atomic E-state index is -4.60. The summed E-state index contributed by atoms with van der Waals surface area (Å²) in [7, 11) is 1.61. The highest BCUT2D eigenvalue weighted by Crippen LogP contribution is 2.78. The molecule has 8 atom stereocenters. The molecule has 2 amide bonds. The second-order valence-corrected chi connectivity index (χ2v) is 18.0. The van der Waals surface area contributed by atoms with E-state index in [1.165, 1.54) is 18.2 Å². The number of carbonyl (C=O) groups is 2. The molecule has 0 aliphatic heterocycles. The molecule has 57 heavy (non-hydrogen) atoms. The number of ketones is 1. The Labute approximate surface area is 336 Å². The maximum Gasteiger partial charge on any atom is 0.416 e. The molecule has 3 fully saturated rings. The fourth-order valence-electron chi connectivity index (χ4n) is 11.9. The number of rotatable bonds is 10. The Hall–Kier alpha value is -3.90. The van der Waals surface area contributed by atoms with E-state index < -0.39 is 39.7 Å². The summed E-state index contributed by atoms with van der Waals surface area (Å²) in [5.74, 6) is -0.548. The first kappa shape index (κ1) is 39.9. The van der Waals surface area contributed by atoms with Crippen molar-refractivity contribution in [3.63, 3.8) is 0 Å². The summed E-state index contributed by atoms with van der Waals surface area (Å²) in [6.45, 7) is 5.30. The van der Waals surface area contributed by atoms with Crippen molar-refractivity contribution in [2.75, 3.05) is 32.1 Å². The lowest BCUT2D eigenvalue weighted by atomic mass is 9.32. The van der Waals surface area contributed by atoms with Crippen LogP contribution in [0.1, 0.15) is 81.3 Å². The fraction of sp³-hybridized carbons (Fsp3) is 0.511. The number of para-hydroxylation sites is 1. The van der Waals surface area contributed by atoms with Crippen LogP contribution >= 0.6 is 11.6 Å². The Balaban J connectivity index is 1.18. The molecule has 1 unspecified atom stereocenters. The van der Waals surface area contributed by atoms with Crippen LogP contribution < -0.4 is 5.32 Å². The number of aliphatic hydroxyl groups excluding tert-OH is 1. The molecule has 0 radical (unpaired) electrons. The summed E-state index contributed by atoms with van der Waals surface area (Å²) in [4.78, 5) is 30.6. The van der Waals surface area contributed by atoms with Gasteiger partial charge in [-0.05, 0) is 111 Å². The first-order chi connectivity index (χ1) is 27.0. The van der Waals surface area contributed by atoms with Gasteiger partial charge < -0.3 is 29.6 Å².